The molecule has 2 aromatic rings. The van der Waals surface area contributed by atoms with Gasteiger partial charge in [0.05, 0.1) is 6.61 Å². The van der Waals surface area contributed by atoms with Crippen molar-refractivity contribution >= 4 is 5.91 Å². The van der Waals surface area contributed by atoms with Gasteiger partial charge in [0.25, 0.3) is 5.91 Å². The Hall–Kier alpha value is -2.33. The molecule has 4 heteroatoms. The number of para-hydroxylation sites is 1. The molecule has 0 saturated carbocycles. The normalized spacial score (nSPS) is 15.2. The van der Waals surface area contributed by atoms with Crippen LogP contribution >= 0.6 is 0 Å². The lowest BCUT2D eigenvalue weighted by molar-refractivity contribution is 0.0593. The number of rotatable bonds is 4. The third-order valence-electron chi connectivity index (χ3n) is 4.78. The van der Waals surface area contributed by atoms with Crippen LogP contribution in [0, 0.1) is 13.8 Å². The maximum atomic E-state index is 12.6. The zero-order valence-electron chi connectivity index (χ0n) is 14.9. The Morgan fingerprint density at radius 3 is 2.40 bits per heavy atom. The summed E-state index contributed by atoms with van der Waals surface area (Å²) < 4.78 is 6.22. The van der Waals surface area contributed by atoms with Crippen molar-refractivity contribution in [2.45, 2.75) is 39.4 Å². The summed E-state index contributed by atoms with van der Waals surface area (Å²) in [5, 5.41) is 9.23. The van der Waals surface area contributed by atoms with Gasteiger partial charge in [-0.3, -0.25) is 4.79 Å². The Morgan fingerprint density at radius 1 is 1.12 bits per heavy atom. The summed E-state index contributed by atoms with van der Waals surface area (Å²) >= 11 is 0. The molecule has 2 aromatic carbocycles. The first kappa shape index (κ1) is 17.5. The highest BCUT2D eigenvalue weighted by molar-refractivity contribution is 5.94. The van der Waals surface area contributed by atoms with Crippen LogP contribution in [-0.4, -0.2) is 35.1 Å². The number of ether oxygens (including phenoxy) is 1. The number of aryl methyl sites for hydroxylation is 2. The van der Waals surface area contributed by atoms with Gasteiger partial charge >= 0.3 is 0 Å². The molecule has 1 aliphatic heterocycles. The Morgan fingerprint density at radius 2 is 1.76 bits per heavy atom. The first-order valence-corrected chi connectivity index (χ1v) is 8.80. The number of benzene rings is 2. The van der Waals surface area contributed by atoms with Gasteiger partial charge < -0.3 is 14.7 Å². The second-order valence-electron chi connectivity index (χ2n) is 6.69. The fourth-order valence-corrected chi connectivity index (χ4v) is 3.31. The molecule has 0 spiro atoms. The average Bonchev–Trinajstić information content (AvgIpc) is 2.65. The van der Waals surface area contributed by atoms with Crippen molar-refractivity contribution in [3.8, 4) is 5.75 Å². The summed E-state index contributed by atoms with van der Waals surface area (Å²) in [7, 11) is 0. The van der Waals surface area contributed by atoms with Crippen molar-refractivity contribution in [3.05, 3.63) is 64.7 Å². The molecule has 132 valence electrons. The van der Waals surface area contributed by atoms with Crippen LogP contribution < -0.4 is 4.74 Å². The number of likely N-dealkylation sites (tertiary alicyclic amines) is 1. The minimum Gasteiger partial charge on any atom is -0.490 e. The van der Waals surface area contributed by atoms with Gasteiger partial charge in [-0.05, 0) is 42.7 Å². The molecule has 0 radical (unpaired) electrons. The summed E-state index contributed by atoms with van der Waals surface area (Å²) in [4.78, 5) is 14.5. The van der Waals surface area contributed by atoms with Gasteiger partial charge in [0, 0.05) is 31.5 Å². The lowest BCUT2D eigenvalue weighted by Gasteiger charge is -2.33. The van der Waals surface area contributed by atoms with Crippen LogP contribution in [0.15, 0.2) is 42.5 Å². The van der Waals surface area contributed by atoms with Gasteiger partial charge in [0.15, 0.2) is 0 Å². The van der Waals surface area contributed by atoms with E-state index in [2.05, 4.69) is 26.0 Å². The Bertz CT molecular complexity index is 728. The van der Waals surface area contributed by atoms with Crippen LogP contribution in [-0.2, 0) is 6.61 Å². The molecule has 3 rings (SSSR count). The average molecular weight is 339 g/mol. The summed E-state index contributed by atoms with van der Waals surface area (Å²) in [5.74, 6) is 1.00. The fraction of sp³-hybridized carbons (Fsp3) is 0.381. The SMILES string of the molecule is Cc1cccc(C)c1OC1CCN(C(=O)c2cccc(CO)c2)CC1. The highest BCUT2D eigenvalue weighted by Gasteiger charge is 2.25. The largest absolute Gasteiger partial charge is 0.490 e. The Kier molecular flexibility index (Phi) is 5.39. The predicted octanol–water partition coefficient (Wildman–Crippen LogP) is 3.48. The summed E-state index contributed by atoms with van der Waals surface area (Å²) in [5.41, 5.74) is 3.71. The van der Waals surface area contributed by atoms with Gasteiger partial charge in [-0.1, -0.05) is 30.3 Å². The molecule has 0 unspecified atom stereocenters. The monoisotopic (exact) mass is 339 g/mol. The third kappa shape index (κ3) is 4.02. The van der Waals surface area contributed by atoms with Crippen molar-refractivity contribution in [2.75, 3.05) is 13.1 Å². The van der Waals surface area contributed by atoms with Crippen LogP contribution in [0.25, 0.3) is 0 Å². The van der Waals surface area contributed by atoms with Crippen molar-refractivity contribution < 1.29 is 14.6 Å². The van der Waals surface area contributed by atoms with Gasteiger partial charge in [0.2, 0.25) is 0 Å². The Labute approximate surface area is 149 Å². The van der Waals surface area contributed by atoms with Gasteiger partial charge in [-0.15, -0.1) is 0 Å². The maximum Gasteiger partial charge on any atom is 0.253 e. The van der Waals surface area contributed by atoms with E-state index in [1.54, 1.807) is 12.1 Å². The van der Waals surface area contributed by atoms with Crippen LogP contribution in [0.2, 0.25) is 0 Å². The zero-order chi connectivity index (χ0) is 17.8. The first-order chi connectivity index (χ1) is 12.1. The molecule has 4 nitrogen and oxygen atoms in total. The maximum absolute atomic E-state index is 12.6. The smallest absolute Gasteiger partial charge is 0.253 e. The topological polar surface area (TPSA) is 49.8 Å². The quantitative estimate of drug-likeness (QED) is 0.928. The van der Waals surface area contributed by atoms with E-state index < -0.39 is 0 Å². The van der Waals surface area contributed by atoms with Crippen LogP contribution in [0.4, 0.5) is 0 Å². The van der Waals surface area contributed by atoms with Crippen molar-refractivity contribution in [1.82, 2.24) is 4.90 Å². The number of piperidine rings is 1. The minimum absolute atomic E-state index is 0.0285. The van der Waals surface area contributed by atoms with Crippen molar-refractivity contribution in [3.63, 3.8) is 0 Å². The van der Waals surface area contributed by atoms with Crippen LogP contribution in [0.3, 0.4) is 0 Å². The number of aliphatic hydroxyl groups is 1. The number of carbonyl (C=O) groups is 1. The number of hydrogen-bond acceptors (Lipinski definition) is 3. The molecule has 0 atom stereocenters. The van der Waals surface area contributed by atoms with Crippen molar-refractivity contribution in [2.24, 2.45) is 0 Å². The van der Waals surface area contributed by atoms with Gasteiger partial charge in [-0.25, -0.2) is 0 Å². The number of nitrogens with zero attached hydrogens (tertiary/aromatic N) is 1. The van der Waals surface area contributed by atoms with E-state index in [-0.39, 0.29) is 18.6 Å². The molecule has 25 heavy (non-hydrogen) atoms. The standard InChI is InChI=1S/C21H25NO3/c1-15-5-3-6-16(2)20(15)25-19-9-11-22(12-10-19)21(24)18-8-4-7-17(13-18)14-23/h3-8,13,19,23H,9-12,14H2,1-2H3. The summed E-state index contributed by atoms with van der Waals surface area (Å²) in [6.07, 6.45) is 1.81. The van der Waals surface area contributed by atoms with Crippen molar-refractivity contribution in [1.29, 1.82) is 0 Å². The van der Waals surface area contributed by atoms with E-state index in [4.69, 9.17) is 4.74 Å². The molecule has 0 aromatic heterocycles. The fourth-order valence-electron chi connectivity index (χ4n) is 3.31. The summed E-state index contributed by atoms with van der Waals surface area (Å²) in [6, 6.07) is 13.4. The summed E-state index contributed by atoms with van der Waals surface area (Å²) in [6.45, 7) is 5.46. The van der Waals surface area contributed by atoms with Crippen LogP contribution in [0.5, 0.6) is 5.75 Å². The minimum atomic E-state index is -0.0488. The molecular weight excluding hydrogens is 314 g/mol. The third-order valence-corrected chi connectivity index (χ3v) is 4.78. The lowest BCUT2D eigenvalue weighted by Crippen LogP contribution is -2.41. The lowest BCUT2D eigenvalue weighted by atomic mass is 10.0. The predicted molar refractivity (Wildman–Crippen MR) is 97.8 cm³/mol. The molecule has 1 heterocycles. The molecular formula is C21H25NO3. The number of hydrogen-bond donors (Lipinski definition) is 1. The number of aliphatic hydroxyl groups excluding tert-OH is 1. The molecule has 1 saturated heterocycles. The van der Waals surface area contributed by atoms with E-state index >= 15 is 0 Å². The van der Waals surface area contributed by atoms with E-state index in [0.717, 1.165) is 35.3 Å². The van der Waals surface area contributed by atoms with Gasteiger partial charge in [0.1, 0.15) is 11.9 Å². The Balaban J connectivity index is 1.61. The van der Waals surface area contributed by atoms with Crippen LogP contribution in [0.1, 0.15) is 39.9 Å². The molecule has 1 N–H and O–H groups in total. The zero-order valence-corrected chi connectivity index (χ0v) is 14.9. The molecule has 1 amide bonds. The highest BCUT2D eigenvalue weighted by atomic mass is 16.5. The second kappa shape index (κ2) is 7.70. The molecule has 1 fully saturated rings. The number of carbonyl (C=O) groups excluding carboxylic acids is 1. The van der Waals surface area contributed by atoms with E-state index in [0.29, 0.717) is 18.7 Å². The number of amides is 1. The molecule has 0 aliphatic carbocycles. The van der Waals surface area contributed by atoms with E-state index in [1.165, 1.54) is 0 Å². The second-order valence-corrected chi connectivity index (χ2v) is 6.69. The molecule has 1 aliphatic rings. The molecule has 0 bridgehead atoms. The van der Waals surface area contributed by atoms with E-state index in [9.17, 15) is 9.90 Å². The van der Waals surface area contributed by atoms with E-state index in [1.807, 2.05) is 23.1 Å². The highest BCUT2D eigenvalue weighted by Crippen LogP contribution is 2.26. The first-order valence-electron chi connectivity index (χ1n) is 8.80. The van der Waals surface area contributed by atoms with Gasteiger partial charge in [-0.2, -0.15) is 0 Å².